The molecular formula is C14H24O2. The first-order chi connectivity index (χ1) is 7.38. The summed E-state index contributed by atoms with van der Waals surface area (Å²) in [5, 5.41) is 0. The van der Waals surface area contributed by atoms with Crippen LogP contribution in [0.5, 0.6) is 0 Å². The predicted molar refractivity (Wildman–Crippen MR) is 66.1 cm³/mol. The molecule has 0 aromatic carbocycles. The van der Waals surface area contributed by atoms with Crippen molar-refractivity contribution in [2.45, 2.75) is 47.5 Å². The molecule has 0 bridgehead atoms. The fraction of sp³-hybridized carbons (Fsp3) is 0.786. The van der Waals surface area contributed by atoms with E-state index in [9.17, 15) is 4.79 Å². The van der Waals surface area contributed by atoms with Gasteiger partial charge in [0, 0.05) is 12.3 Å². The summed E-state index contributed by atoms with van der Waals surface area (Å²) in [6.07, 6.45) is 3.07. The van der Waals surface area contributed by atoms with E-state index in [1.165, 1.54) is 0 Å². The molecule has 1 aliphatic carbocycles. The van der Waals surface area contributed by atoms with Crippen LogP contribution in [0.2, 0.25) is 0 Å². The van der Waals surface area contributed by atoms with Gasteiger partial charge in [0.05, 0.1) is 12.4 Å². The van der Waals surface area contributed by atoms with Gasteiger partial charge in [-0.1, -0.05) is 27.7 Å². The maximum absolute atomic E-state index is 11.2. The highest BCUT2D eigenvalue weighted by Crippen LogP contribution is 2.42. The van der Waals surface area contributed by atoms with Gasteiger partial charge in [-0.15, -0.1) is 0 Å². The Kier molecular flexibility index (Phi) is 4.17. The van der Waals surface area contributed by atoms with Crippen molar-refractivity contribution in [3.63, 3.8) is 0 Å². The average molecular weight is 224 g/mol. The summed E-state index contributed by atoms with van der Waals surface area (Å²) in [7, 11) is 0. The lowest BCUT2D eigenvalue weighted by Crippen LogP contribution is -2.31. The van der Waals surface area contributed by atoms with Crippen molar-refractivity contribution in [2.24, 2.45) is 17.3 Å². The van der Waals surface area contributed by atoms with E-state index in [4.69, 9.17) is 4.74 Å². The van der Waals surface area contributed by atoms with Crippen molar-refractivity contribution < 1.29 is 9.53 Å². The number of allylic oxidation sites excluding steroid dienone is 2. The smallest absolute Gasteiger partial charge is 0.127 e. The Bertz CT molecular complexity index is 287. The van der Waals surface area contributed by atoms with Crippen LogP contribution in [0.15, 0.2) is 11.3 Å². The van der Waals surface area contributed by atoms with Crippen molar-refractivity contribution in [1.29, 1.82) is 0 Å². The highest BCUT2D eigenvalue weighted by molar-refractivity contribution is 5.61. The lowest BCUT2D eigenvalue weighted by atomic mass is 9.69. The number of hydrogen-bond donors (Lipinski definition) is 0. The average Bonchev–Trinajstić information content (AvgIpc) is 2.16. The van der Waals surface area contributed by atoms with Crippen LogP contribution >= 0.6 is 0 Å². The Morgan fingerprint density at radius 1 is 1.50 bits per heavy atom. The van der Waals surface area contributed by atoms with Crippen LogP contribution < -0.4 is 0 Å². The molecule has 0 heterocycles. The maximum atomic E-state index is 11.2. The molecular weight excluding hydrogens is 200 g/mol. The third-order valence-electron chi connectivity index (χ3n) is 3.47. The molecule has 0 N–H and O–H groups in total. The highest BCUT2D eigenvalue weighted by atomic mass is 16.5. The Morgan fingerprint density at radius 3 is 2.62 bits per heavy atom. The minimum atomic E-state index is 0.0170. The van der Waals surface area contributed by atoms with E-state index >= 15 is 0 Å². The first-order valence-corrected chi connectivity index (χ1v) is 6.16. The molecule has 1 aliphatic rings. The van der Waals surface area contributed by atoms with Gasteiger partial charge in [0.2, 0.25) is 0 Å². The van der Waals surface area contributed by atoms with Gasteiger partial charge in [0.15, 0.2) is 0 Å². The fourth-order valence-electron chi connectivity index (χ4n) is 2.29. The van der Waals surface area contributed by atoms with Crippen LogP contribution in [0.3, 0.4) is 0 Å². The van der Waals surface area contributed by atoms with Gasteiger partial charge < -0.3 is 9.53 Å². The monoisotopic (exact) mass is 224 g/mol. The third kappa shape index (κ3) is 2.87. The van der Waals surface area contributed by atoms with Crippen LogP contribution in [0.25, 0.3) is 0 Å². The first kappa shape index (κ1) is 13.3. The molecule has 1 atom stereocenters. The van der Waals surface area contributed by atoms with Crippen LogP contribution in [0, 0.1) is 17.3 Å². The molecule has 92 valence electrons. The summed E-state index contributed by atoms with van der Waals surface area (Å²) in [5.41, 5.74) is 1.21. The van der Waals surface area contributed by atoms with Crippen LogP contribution in [0.1, 0.15) is 47.5 Å². The van der Waals surface area contributed by atoms with Gasteiger partial charge in [-0.3, -0.25) is 0 Å². The largest absolute Gasteiger partial charge is 0.498 e. The predicted octanol–water partition coefficient (Wildman–Crippen LogP) is 3.57. The molecule has 0 aromatic heterocycles. The van der Waals surface area contributed by atoms with Gasteiger partial charge in [0.1, 0.15) is 6.29 Å². The summed E-state index contributed by atoms with van der Waals surface area (Å²) in [6.45, 7) is 11.4. The zero-order chi connectivity index (χ0) is 12.3. The molecule has 0 amide bonds. The van der Waals surface area contributed by atoms with E-state index in [0.29, 0.717) is 5.92 Å². The number of carbonyl (C=O) groups is 1. The summed E-state index contributed by atoms with van der Waals surface area (Å²) >= 11 is 0. The van der Waals surface area contributed by atoms with E-state index in [1.54, 1.807) is 0 Å². The number of carbonyl (C=O) groups excluding carboxylic acids is 1. The molecule has 0 radical (unpaired) electrons. The molecule has 0 aromatic rings. The lowest BCUT2D eigenvalue weighted by molar-refractivity contribution is -0.113. The molecule has 0 fully saturated rings. The number of rotatable bonds is 4. The lowest BCUT2D eigenvalue weighted by Gasteiger charge is -2.37. The quantitative estimate of drug-likeness (QED) is 0.682. The Labute approximate surface area is 99.1 Å². The van der Waals surface area contributed by atoms with Gasteiger partial charge in [-0.2, -0.15) is 0 Å². The van der Waals surface area contributed by atoms with Crippen molar-refractivity contribution in [3.05, 3.63) is 11.3 Å². The molecule has 0 aliphatic heterocycles. The summed E-state index contributed by atoms with van der Waals surface area (Å²) < 4.78 is 5.80. The van der Waals surface area contributed by atoms with Crippen LogP contribution in [-0.4, -0.2) is 12.9 Å². The zero-order valence-corrected chi connectivity index (χ0v) is 11.2. The molecule has 2 nitrogen and oxygen atoms in total. The normalized spacial score (nSPS) is 24.8. The van der Waals surface area contributed by atoms with Crippen molar-refractivity contribution in [2.75, 3.05) is 6.61 Å². The van der Waals surface area contributed by atoms with Crippen LogP contribution in [0.4, 0.5) is 0 Å². The number of ether oxygens (including phenoxy) is 1. The van der Waals surface area contributed by atoms with Gasteiger partial charge in [-0.25, -0.2) is 0 Å². The summed E-state index contributed by atoms with van der Waals surface area (Å²) in [6, 6.07) is 0. The topological polar surface area (TPSA) is 26.3 Å². The van der Waals surface area contributed by atoms with Crippen molar-refractivity contribution >= 4 is 6.29 Å². The highest BCUT2D eigenvalue weighted by Gasteiger charge is 2.36. The van der Waals surface area contributed by atoms with E-state index in [-0.39, 0.29) is 11.3 Å². The first-order valence-electron chi connectivity index (χ1n) is 6.16. The van der Waals surface area contributed by atoms with Crippen molar-refractivity contribution in [1.82, 2.24) is 0 Å². The second kappa shape index (κ2) is 5.03. The Morgan fingerprint density at radius 2 is 2.12 bits per heavy atom. The second-order valence-electron chi connectivity index (χ2n) is 5.91. The number of aldehydes is 1. The molecule has 1 unspecified atom stereocenters. The molecule has 1 rings (SSSR count). The zero-order valence-electron chi connectivity index (χ0n) is 11.2. The van der Waals surface area contributed by atoms with E-state index < -0.39 is 0 Å². The SMILES string of the molecule is CC1=C(OCC(C)C)CCC(C)(C)C1C=O. The van der Waals surface area contributed by atoms with E-state index in [1.807, 2.05) is 6.92 Å². The summed E-state index contributed by atoms with van der Waals surface area (Å²) in [4.78, 5) is 11.2. The number of hydrogen-bond acceptors (Lipinski definition) is 2. The molecule has 0 saturated carbocycles. The second-order valence-corrected chi connectivity index (χ2v) is 5.91. The van der Waals surface area contributed by atoms with Gasteiger partial charge >= 0.3 is 0 Å². The molecule has 0 spiro atoms. The fourth-order valence-corrected chi connectivity index (χ4v) is 2.29. The standard InChI is InChI=1S/C14H24O2/c1-10(2)9-16-13-6-7-14(4,5)12(8-15)11(13)3/h8,10,12H,6-7,9H2,1-5H3. The van der Waals surface area contributed by atoms with E-state index in [2.05, 4.69) is 27.7 Å². The molecule has 16 heavy (non-hydrogen) atoms. The minimum absolute atomic E-state index is 0.0170. The molecule has 0 saturated heterocycles. The maximum Gasteiger partial charge on any atom is 0.127 e. The minimum Gasteiger partial charge on any atom is -0.498 e. The Hall–Kier alpha value is -0.790. The molecule has 2 heteroatoms. The summed E-state index contributed by atoms with van der Waals surface area (Å²) in [5.74, 6) is 1.60. The van der Waals surface area contributed by atoms with Crippen LogP contribution in [-0.2, 0) is 9.53 Å². The third-order valence-corrected chi connectivity index (χ3v) is 3.47. The van der Waals surface area contributed by atoms with Gasteiger partial charge in [0.25, 0.3) is 0 Å². The Balaban J connectivity index is 2.81. The van der Waals surface area contributed by atoms with E-state index in [0.717, 1.165) is 37.1 Å². The van der Waals surface area contributed by atoms with Crippen molar-refractivity contribution in [3.8, 4) is 0 Å². The van der Waals surface area contributed by atoms with Gasteiger partial charge in [-0.05, 0) is 30.3 Å².